The van der Waals surface area contributed by atoms with Crippen LogP contribution < -0.4 is 0 Å². The van der Waals surface area contributed by atoms with Gasteiger partial charge in [0.25, 0.3) is 0 Å². The summed E-state index contributed by atoms with van der Waals surface area (Å²) in [5, 5.41) is -3.11. The van der Waals surface area contributed by atoms with Gasteiger partial charge in [0.2, 0.25) is 5.82 Å². The number of hydrogen-bond acceptors (Lipinski definition) is 0. The number of benzene rings is 4. The van der Waals surface area contributed by atoms with E-state index in [4.69, 9.17) is 12.3 Å². The van der Waals surface area contributed by atoms with Crippen LogP contribution in [0.2, 0.25) is 0 Å². The van der Waals surface area contributed by atoms with Crippen molar-refractivity contribution in [2.24, 2.45) is 0 Å². The number of fused-ring (bicyclic) bond motifs is 2. The van der Waals surface area contributed by atoms with Crippen LogP contribution in [0.1, 0.15) is 12.3 Å². The highest BCUT2D eigenvalue weighted by atomic mass is 19.2. The van der Waals surface area contributed by atoms with Crippen LogP contribution in [0, 0.1) is 29.1 Å². The molecule has 0 N–H and O–H groups in total. The minimum absolute atomic E-state index is 0.720. The summed E-state index contributed by atoms with van der Waals surface area (Å²) in [5.74, 6) is -12.0. The van der Waals surface area contributed by atoms with Crippen molar-refractivity contribution in [3.63, 3.8) is 0 Å². The van der Waals surface area contributed by atoms with E-state index in [1.165, 1.54) is 0 Å². The lowest BCUT2D eigenvalue weighted by molar-refractivity contribution is 0.381. The van der Waals surface area contributed by atoms with Gasteiger partial charge in [-0.1, -0.05) is 48.3 Å². The second-order valence-electron chi connectivity index (χ2n) is 4.94. The molecule has 0 atom stereocenters. The Morgan fingerprint density at radius 2 is 0.920 bits per heavy atom. The van der Waals surface area contributed by atoms with Crippen LogP contribution in [0.3, 0.4) is 0 Å². The Balaban J connectivity index is 2.55. The van der Waals surface area contributed by atoms with Gasteiger partial charge >= 0.3 is 0 Å². The highest BCUT2D eigenvalue weighted by Crippen LogP contribution is 2.40. The van der Waals surface area contributed by atoms with E-state index in [1.807, 2.05) is 0 Å². The van der Waals surface area contributed by atoms with Crippen LogP contribution in [0.15, 0.2) is 54.4 Å². The molecular formula is C20H9F5. The van der Waals surface area contributed by atoms with Crippen molar-refractivity contribution in [2.75, 3.05) is 0 Å². The molecule has 0 heterocycles. The molecule has 0 fully saturated rings. The van der Waals surface area contributed by atoms with Crippen LogP contribution in [0.5, 0.6) is 0 Å². The zero-order chi connectivity index (χ0) is 25.5. The van der Waals surface area contributed by atoms with Gasteiger partial charge in [-0.15, -0.1) is 0 Å². The van der Waals surface area contributed by atoms with Crippen molar-refractivity contribution >= 4 is 21.5 Å². The van der Waals surface area contributed by atoms with Crippen LogP contribution in [0.4, 0.5) is 22.0 Å². The van der Waals surface area contributed by atoms with Gasteiger partial charge in [-0.05, 0) is 27.6 Å². The standard InChI is InChI=1S/C20H9F5/c21-16-15(17(22)19(24)20(25)18(16)23)14-12-7-3-1-5-10(12)9-11-6-2-4-8-13(11)14/h1-9H/i1D,2D,3D,4D,5D,6D,7D,8D,9D. The summed E-state index contributed by atoms with van der Waals surface area (Å²) < 4.78 is 144. The average molecular weight is 353 g/mol. The normalized spacial score (nSPS) is 16.4. The summed E-state index contributed by atoms with van der Waals surface area (Å²) in [4.78, 5) is 0. The van der Waals surface area contributed by atoms with E-state index < -0.39 is 116 Å². The first-order valence-corrected chi connectivity index (χ1v) is 6.69. The fraction of sp³-hybridized carbons (Fsp3) is 0. The molecule has 5 heteroatoms. The Labute approximate surface area is 151 Å². The smallest absolute Gasteiger partial charge is 0.200 e. The lowest BCUT2D eigenvalue weighted by Crippen LogP contribution is -2.04. The van der Waals surface area contributed by atoms with E-state index in [2.05, 4.69) is 0 Å². The summed E-state index contributed by atoms with van der Waals surface area (Å²) in [6, 6.07) is -8.32. The Hall–Kier alpha value is -2.95. The Morgan fingerprint density at radius 1 is 0.520 bits per heavy atom. The monoisotopic (exact) mass is 353 g/mol. The van der Waals surface area contributed by atoms with Gasteiger partial charge in [0.15, 0.2) is 23.3 Å². The van der Waals surface area contributed by atoms with Crippen molar-refractivity contribution in [3.8, 4) is 11.1 Å². The topological polar surface area (TPSA) is 0 Å². The van der Waals surface area contributed by atoms with E-state index in [0.29, 0.717) is 0 Å². The molecule has 4 aromatic carbocycles. The number of hydrogen-bond donors (Lipinski definition) is 0. The van der Waals surface area contributed by atoms with E-state index in [-0.39, 0.29) is 0 Å². The molecule has 0 saturated carbocycles. The minimum Gasteiger partial charge on any atom is -0.203 e. The molecule has 124 valence electrons. The van der Waals surface area contributed by atoms with Gasteiger partial charge in [-0.25, -0.2) is 22.0 Å². The maximum atomic E-state index is 14.9. The molecular weight excluding hydrogens is 335 g/mol. The third-order valence-electron chi connectivity index (χ3n) is 3.58. The maximum Gasteiger partial charge on any atom is 0.200 e. The fourth-order valence-electron chi connectivity index (χ4n) is 2.51. The first-order valence-electron chi connectivity index (χ1n) is 11.2. The molecule has 25 heavy (non-hydrogen) atoms. The third kappa shape index (κ3) is 2.19. The van der Waals surface area contributed by atoms with Crippen molar-refractivity contribution in [3.05, 3.63) is 83.5 Å². The molecule has 0 spiro atoms. The summed E-state index contributed by atoms with van der Waals surface area (Å²) in [6.07, 6.45) is 0. The molecule has 0 unspecified atom stereocenters. The first-order chi connectivity index (χ1) is 15.7. The second-order valence-corrected chi connectivity index (χ2v) is 4.94. The summed E-state index contributed by atoms with van der Waals surface area (Å²) in [6.45, 7) is 0. The minimum atomic E-state index is -2.49. The molecule has 0 radical (unpaired) electrons. The molecule has 4 rings (SSSR count). The van der Waals surface area contributed by atoms with Crippen molar-refractivity contribution < 1.29 is 34.3 Å². The van der Waals surface area contributed by atoms with Gasteiger partial charge in [-0.3, -0.25) is 0 Å². The SMILES string of the molecule is [2H]c1c([2H])c([2H])c2c(-c3c(F)c(F)c(F)c(F)c3F)c3c([2H])c([2H])c([2H])c([2H])c3c([2H])c2c1[2H]. The molecule has 0 saturated heterocycles. The summed E-state index contributed by atoms with van der Waals surface area (Å²) >= 11 is 0. The van der Waals surface area contributed by atoms with Gasteiger partial charge in [-0.2, -0.15) is 0 Å². The lowest BCUT2D eigenvalue weighted by atomic mass is 9.91. The van der Waals surface area contributed by atoms with Crippen LogP contribution in [-0.4, -0.2) is 0 Å². The highest BCUT2D eigenvalue weighted by Gasteiger charge is 2.28. The summed E-state index contributed by atoms with van der Waals surface area (Å²) in [5.41, 5.74) is -2.73. The van der Waals surface area contributed by atoms with Gasteiger partial charge in [0, 0.05) is 5.56 Å². The maximum absolute atomic E-state index is 14.9. The van der Waals surface area contributed by atoms with Crippen molar-refractivity contribution in [1.82, 2.24) is 0 Å². The molecule has 0 bridgehead atoms. The zero-order valence-electron chi connectivity index (χ0n) is 20.9. The molecule has 4 aromatic rings. The van der Waals surface area contributed by atoms with E-state index >= 15 is 0 Å². The second kappa shape index (κ2) is 5.55. The van der Waals surface area contributed by atoms with Gasteiger partial charge < -0.3 is 0 Å². The lowest BCUT2D eigenvalue weighted by Gasteiger charge is -2.14. The van der Waals surface area contributed by atoms with Crippen molar-refractivity contribution in [1.29, 1.82) is 0 Å². The number of rotatable bonds is 1. The highest BCUT2D eigenvalue weighted by molar-refractivity contribution is 6.12. The van der Waals surface area contributed by atoms with E-state index in [1.54, 1.807) is 0 Å². The van der Waals surface area contributed by atoms with E-state index in [0.717, 1.165) is 0 Å². The zero-order valence-corrected chi connectivity index (χ0v) is 11.9. The van der Waals surface area contributed by atoms with Crippen LogP contribution in [0.25, 0.3) is 32.7 Å². The average Bonchev–Trinajstić information content (AvgIpc) is 2.81. The predicted octanol–water partition coefficient (Wildman–Crippen LogP) is 6.36. The molecule has 0 aliphatic rings. The van der Waals surface area contributed by atoms with Crippen LogP contribution in [-0.2, 0) is 0 Å². The first kappa shape index (κ1) is 8.43. The van der Waals surface area contributed by atoms with E-state index in [9.17, 15) is 22.0 Å². The fourth-order valence-corrected chi connectivity index (χ4v) is 2.51. The van der Waals surface area contributed by atoms with Crippen molar-refractivity contribution in [2.45, 2.75) is 0 Å². The molecule has 0 nitrogen and oxygen atoms in total. The van der Waals surface area contributed by atoms with Gasteiger partial charge in [0.05, 0.1) is 17.9 Å². The molecule has 0 amide bonds. The Bertz CT molecular complexity index is 1490. The Kier molecular flexibility index (Phi) is 1.87. The molecule has 0 aliphatic carbocycles. The predicted molar refractivity (Wildman–Crippen MR) is 86.7 cm³/mol. The van der Waals surface area contributed by atoms with Gasteiger partial charge in [0.1, 0.15) is 0 Å². The summed E-state index contributed by atoms with van der Waals surface area (Å²) in [7, 11) is 0. The Morgan fingerprint density at radius 3 is 1.40 bits per heavy atom. The largest absolute Gasteiger partial charge is 0.203 e. The third-order valence-corrected chi connectivity index (χ3v) is 3.58. The number of halogens is 5. The van der Waals surface area contributed by atoms with Crippen LogP contribution >= 0.6 is 0 Å². The molecule has 0 aromatic heterocycles. The quantitative estimate of drug-likeness (QED) is 0.162. The molecule has 0 aliphatic heterocycles.